The third kappa shape index (κ3) is 5.82. The Labute approximate surface area is 172 Å². The summed E-state index contributed by atoms with van der Waals surface area (Å²) < 4.78 is 5.09. The Morgan fingerprint density at radius 3 is 2.97 bits per heavy atom. The first-order valence-corrected chi connectivity index (χ1v) is 10.6. The van der Waals surface area contributed by atoms with Gasteiger partial charge < -0.3 is 20.1 Å². The van der Waals surface area contributed by atoms with Gasteiger partial charge in [-0.25, -0.2) is 9.78 Å². The number of rotatable bonds is 9. The van der Waals surface area contributed by atoms with Gasteiger partial charge in [-0.05, 0) is 43.2 Å². The quantitative estimate of drug-likeness (QED) is 0.612. The van der Waals surface area contributed by atoms with E-state index in [9.17, 15) is 14.7 Å². The van der Waals surface area contributed by atoms with Gasteiger partial charge in [0, 0.05) is 31.9 Å². The first kappa shape index (κ1) is 21.4. The molecule has 1 aromatic heterocycles. The van der Waals surface area contributed by atoms with E-state index in [2.05, 4.69) is 22.4 Å². The fourth-order valence-corrected chi connectivity index (χ4v) is 3.62. The zero-order valence-electron chi connectivity index (χ0n) is 17.4. The number of pyridine rings is 1. The maximum atomic E-state index is 12.5. The van der Waals surface area contributed by atoms with Gasteiger partial charge in [-0.15, -0.1) is 0 Å². The number of urea groups is 1. The second-order valence-electron chi connectivity index (χ2n) is 8.17. The van der Waals surface area contributed by atoms with E-state index in [1.54, 1.807) is 4.90 Å². The van der Waals surface area contributed by atoms with Gasteiger partial charge in [0.25, 0.3) is 0 Å². The van der Waals surface area contributed by atoms with E-state index < -0.39 is 12.2 Å². The minimum absolute atomic E-state index is 0.196. The summed E-state index contributed by atoms with van der Waals surface area (Å²) in [7, 11) is 0. The van der Waals surface area contributed by atoms with Crippen LogP contribution in [-0.2, 0) is 22.4 Å². The third-order valence-electron chi connectivity index (χ3n) is 5.23. The second-order valence-corrected chi connectivity index (χ2v) is 8.17. The molecule has 3 rings (SSSR count). The number of aliphatic hydroxyl groups excluding tert-OH is 1. The first-order chi connectivity index (χ1) is 13.9. The van der Waals surface area contributed by atoms with Gasteiger partial charge in [0.15, 0.2) is 0 Å². The maximum absolute atomic E-state index is 12.5. The van der Waals surface area contributed by atoms with Gasteiger partial charge in [0.1, 0.15) is 12.0 Å². The minimum atomic E-state index is -1.14. The zero-order chi connectivity index (χ0) is 20.8. The number of carbonyl (C=O) groups excluding carboxylic acids is 2. The molecule has 8 nitrogen and oxygen atoms in total. The molecule has 160 valence electrons. The van der Waals surface area contributed by atoms with Crippen molar-refractivity contribution in [2.75, 3.05) is 38.1 Å². The lowest BCUT2D eigenvalue weighted by Gasteiger charge is -2.23. The lowest BCUT2D eigenvalue weighted by Crippen LogP contribution is -2.41. The van der Waals surface area contributed by atoms with Crippen LogP contribution in [0.4, 0.5) is 10.6 Å². The van der Waals surface area contributed by atoms with Crippen molar-refractivity contribution in [2.45, 2.75) is 52.2 Å². The number of ether oxygens (including phenoxy) is 1. The minimum Gasteiger partial charge on any atom is -0.465 e. The molecule has 0 unspecified atom stereocenters. The predicted molar refractivity (Wildman–Crippen MR) is 109 cm³/mol. The molecule has 0 radical (unpaired) electrons. The molecule has 0 bridgehead atoms. The molecule has 1 atom stereocenters. The van der Waals surface area contributed by atoms with Crippen molar-refractivity contribution >= 4 is 17.8 Å². The van der Waals surface area contributed by atoms with Crippen LogP contribution in [0, 0.1) is 5.92 Å². The highest BCUT2D eigenvalue weighted by molar-refractivity contribution is 5.78. The molecule has 2 amide bonds. The van der Waals surface area contributed by atoms with E-state index in [4.69, 9.17) is 4.74 Å². The van der Waals surface area contributed by atoms with Crippen molar-refractivity contribution in [3.8, 4) is 0 Å². The van der Waals surface area contributed by atoms with Crippen molar-refractivity contribution in [1.29, 1.82) is 0 Å². The topological polar surface area (TPSA) is 95.0 Å². The molecular formula is C21H32N4O4. The average molecular weight is 405 g/mol. The van der Waals surface area contributed by atoms with Gasteiger partial charge >= 0.3 is 12.0 Å². The molecule has 0 aliphatic carbocycles. The van der Waals surface area contributed by atoms with Crippen molar-refractivity contribution < 1.29 is 19.4 Å². The molecular weight excluding hydrogens is 372 g/mol. The number of aryl methyl sites for hydroxylation is 2. The first-order valence-electron chi connectivity index (χ1n) is 10.6. The highest BCUT2D eigenvalue weighted by atomic mass is 16.5. The van der Waals surface area contributed by atoms with Gasteiger partial charge in [-0.2, -0.15) is 0 Å². The van der Waals surface area contributed by atoms with E-state index in [1.165, 1.54) is 10.5 Å². The molecule has 1 saturated heterocycles. The van der Waals surface area contributed by atoms with E-state index in [0.717, 1.165) is 43.7 Å². The van der Waals surface area contributed by atoms with Crippen LogP contribution < -0.4 is 5.32 Å². The zero-order valence-corrected chi connectivity index (χ0v) is 17.4. The number of hydrogen-bond donors (Lipinski definition) is 2. The number of nitrogens with zero attached hydrogens (tertiary/aromatic N) is 3. The SMILES string of the molecule is CC(C)COC(=O)C[C@@H](O)N1CCN(CCCc2ccc3c(n2)NCCC3)C1=O. The summed E-state index contributed by atoms with van der Waals surface area (Å²) in [4.78, 5) is 32.1. The Balaban J connectivity index is 1.42. The fraction of sp³-hybridized carbons (Fsp3) is 0.667. The summed E-state index contributed by atoms with van der Waals surface area (Å²) >= 11 is 0. The average Bonchev–Trinajstić information content (AvgIpc) is 3.07. The number of amides is 2. The van der Waals surface area contributed by atoms with E-state index >= 15 is 0 Å². The summed E-state index contributed by atoms with van der Waals surface area (Å²) in [5.41, 5.74) is 2.29. The summed E-state index contributed by atoms with van der Waals surface area (Å²) in [5.74, 6) is 0.745. The van der Waals surface area contributed by atoms with Crippen LogP contribution in [0.5, 0.6) is 0 Å². The largest absolute Gasteiger partial charge is 0.465 e. The summed E-state index contributed by atoms with van der Waals surface area (Å²) in [6.07, 6.45) is 2.48. The molecule has 3 heterocycles. The second kappa shape index (κ2) is 9.91. The smallest absolute Gasteiger partial charge is 0.322 e. The molecule has 2 N–H and O–H groups in total. The van der Waals surface area contributed by atoms with Crippen molar-refractivity contribution in [2.24, 2.45) is 5.92 Å². The molecule has 2 aliphatic heterocycles. The summed E-state index contributed by atoms with van der Waals surface area (Å²) in [6.45, 7) is 6.75. The van der Waals surface area contributed by atoms with Crippen molar-refractivity contribution in [3.63, 3.8) is 0 Å². The van der Waals surface area contributed by atoms with Crippen LogP contribution in [0.25, 0.3) is 0 Å². The van der Waals surface area contributed by atoms with Crippen LogP contribution in [0.15, 0.2) is 12.1 Å². The number of aromatic nitrogens is 1. The number of nitrogens with one attached hydrogen (secondary N) is 1. The fourth-order valence-electron chi connectivity index (χ4n) is 3.62. The summed E-state index contributed by atoms with van der Waals surface area (Å²) in [5, 5.41) is 13.6. The number of esters is 1. The monoisotopic (exact) mass is 404 g/mol. The Bertz CT molecular complexity index is 725. The summed E-state index contributed by atoms with van der Waals surface area (Å²) in [6, 6.07) is 3.98. The number of hydrogen-bond acceptors (Lipinski definition) is 6. The number of anilines is 1. The Morgan fingerprint density at radius 1 is 1.34 bits per heavy atom. The van der Waals surface area contributed by atoms with E-state index in [-0.39, 0.29) is 18.4 Å². The molecule has 1 aromatic rings. The molecule has 2 aliphatic rings. The Hall–Kier alpha value is -2.35. The lowest BCUT2D eigenvalue weighted by molar-refractivity contribution is -0.148. The number of aliphatic hydroxyl groups is 1. The van der Waals surface area contributed by atoms with Crippen LogP contribution in [-0.4, -0.2) is 70.9 Å². The standard InChI is InChI=1S/C21H32N4O4/c1-15(2)14-29-19(27)13-18(26)25-12-11-24(21(25)28)10-4-6-17-8-7-16-5-3-9-22-20(16)23-17/h7-8,15,18,26H,3-6,9-14H2,1-2H3,(H,22,23)/t18-/m1/s1. The van der Waals surface area contributed by atoms with Crippen LogP contribution >= 0.6 is 0 Å². The van der Waals surface area contributed by atoms with Gasteiger partial charge in [-0.3, -0.25) is 9.69 Å². The molecule has 0 aromatic carbocycles. The maximum Gasteiger partial charge on any atom is 0.322 e. The predicted octanol–water partition coefficient (Wildman–Crippen LogP) is 2.02. The molecule has 8 heteroatoms. The normalized spacial score (nSPS) is 17.3. The number of fused-ring (bicyclic) bond motifs is 1. The molecule has 29 heavy (non-hydrogen) atoms. The van der Waals surface area contributed by atoms with Crippen molar-refractivity contribution in [3.05, 3.63) is 23.4 Å². The van der Waals surface area contributed by atoms with Gasteiger partial charge in [0.2, 0.25) is 0 Å². The third-order valence-corrected chi connectivity index (χ3v) is 5.23. The van der Waals surface area contributed by atoms with Crippen LogP contribution in [0.1, 0.15) is 44.4 Å². The van der Waals surface area contributed by atoms with Crippen molar-refractivity contribution in [1.82, 2.24) is 14.8 Å². The molecule has 0 saturated carbocycles. The van der Waals surface area contributed by atoms with E-state index in [1.807, 2.05) is 13.8 Å². The van der Waals surface area contributed by atoms with Gasteiger partial charge in [0.05, 0.1) is 13.0 Å². The lowest BCUT2D eigenvalue weighted by atomic mass is 10.1. The van der Waals surface area contributed by atoms with Crippen LogP contribution in [0.2, 0.25) is 0 Å². The highest BCUT2D eigenvalue weighted by Gasteiger charge is 2.33. The Kier molecular flexibility index (Phi) is 7.30. The van der Waals surface area contributed by atoms with Gasteiger partial charge in [-0.1, -0.05) is 19.9 Å². The van der Waals surface area contributed by atoms with E-state index in [0.29, 0.717) is 26.2 Å². The number of carbonyl (C=O) groups is 2. The van der Waals surface area contributed by atoms with Crippen LogP contribution in [0.3, 0.4) is 0 Å². The highest BCUT2D eigenvalue weighted by Crippen LogP contribution is 2.20. The molecule has 0 spiro atoms. The Morgan fingerprint density at radius 2 is 2.17 bits per heavy atom. The molecule has 1 fully saturated rings.